The number of benzene rings is 2. The smallest absolute Gasteiger partial charge is 0.336 e. The van der Waals surface area contributed by atoms with Gasteiger partial charge in [-0.1, -0.05) is 54.2 Å². The van der Waals surface area contributed by atoms with Gasteiger partial charge in [-0.05, 0) is 37.1 Å². The minimum absolute atomic E-state index is 0.238. The van der Waals surface area contributed by atoms with Crippen molar-refractivity contribution in [2.45, 2.75) is 30.7 Å². The van der Waals surface area contributed by atoms with Gasteiger partial charge in [-0.15, -0.1) is 0 Å². The lowest BCUT2D eigenvalue weighted by Crippen LogP contribution is -2.31. The Kier molecular flexibility index (Phi) is 6.84. The highest BCUT2D eigenvalue weighted by atomic mass is 32.2. The average Bonchev–Trinajstić information content (AvgIpc) is 2.82. The van der Waals surface area contributed by atoms with Gasteiger partial charge in [0.25, 0.3) is 5.56 Å². The number of aromatic amines is 1. The zero-order valence-corrected chi connectivity index (χ0v) is 19.5. The van der Waals surface area contributed by atoms with E-state index in [1.807, 2.05) is 42.5 Å². The number of H-pyrrole nitrogens is 1. The van der Waals surface area contributed by atoms with Crippen molar-refractivity contribution < 1.29 is 14.3 Å². The molecule has 1 unspecified atom stereocenters. The lowest BCUT2D eigenvalue weighted by Gasteiger charge is -2.28. The van der Waals surface area contributed by atoms with Gasteiger partial charge in [0.05, 0.1) is 30.8 Å². The molecule has 0 amide bonds. The molecule has 1 aliphatic rings. The molecule has 0 saturated carbocycles. The number of anilines is 1. The summed E-state index contributed by atoms with van der Waals surface area (Å²) < 4.78 is 10.6. The second-order valence-corrected chi connectivity index (χ2v) is 8.46. The molecule has 2 heterocycles. The third-order valence-electron chi connectivity index (χ3n) is 5.38. The number of nitrogens with one attached hydrogen (secondary N) is 2. The van der Waals surface area contributed by atoms with Gasteiger partial charge in [-0.3, -0.25) is 4.79 Å². The SMILES string of the molecule is CCOC(=O)C1=C(C)Nc2nc(SCc3ccccc3)[nH]c(=O)c2C1c1ccc(OC)cc1. The number of allylic oxidation sites excluding steroid dienone is 1. The average molecular weight is 464 g/mol. The van der Waals surface area contributed by atoms with Gasteiger partial charge in [-0.25, -0.2) is 9.78 Å². The molecule has 33 heavy (non-hydrogen) atoms. The van der Waals surface area contributed by atoms with E-state index in [4.69, 9.17) is 9.47 Å². The Morgan fingerprint density at radius 3 is 2.52 bits per heavy atom. The molecule has 0 spiro atoms. The van der Waals surface area contributed by atoms with Crippen LogP contribution in [0.25, 0.3) is 0 Å². The van der Waals surface area contributed by atoms with E-state index >= 15 is 0 Å². The van der Waals surface area contributed by atoms with Gasteiger partial charge in [-0.2, -0.15) is 0 Å². The summed E-state index contributed by atoms with van der Waals surface area (Å²) in [6.45, 7) is 3.79. The summed E-state index contributed by atoms with van der Waals surface area (Å²) in [5, 5.41) is 3.67. The normalized spacial score (nSPS) is 14.9. The Morgan fingerprint density at radius 2 is 1.85 bits per heavy atom. The Bertz CT molecular complexity index is 1240. The molecular formula is C25H25N3O4S. The molecule has 1 aliphatic heterocycles. The predicted octanol–water partition coefficient (Wildman–Crippen LogP) is 4.47. The molecule has 8 heteroatoms. The molecule has 2 aromatic carbocycles. The summed E-state index contributed by atoms with van der Waals surface area (Å²) in [6.07, 6.45) is 0. The van der Waals surface area contributed by atoms with E-state index in [1.54, 1.807) is 33.1 Å². The lowest BCUT2D eigenvalue weighted by molar-refractivity contribution is -0.138. The maximum absolute atomic E-state index is 13.3. The number of rotatable bonds is 7. The van der Waals surface area contributed by atoms with Crippen LogP contribution in [-0.2, 0) is 15.3 Å². The summed E-state index contributed by atoms with van der Waals surface area (Å²) >= 11 is 1.45. The monoisotopic (exact) mass is 463 g/mol. The van der Waals surface area contributed by atoms with Crippen molar-refractivity contribution in [1.82, 2.24) is 9.97 Å². The molecule has 7 nitrogen and oxygen atoms in total. The number of methoxy groups -OCH3 is 1. The highest BCUT2D eigenvalue weighted by molar-refractivity contribution is 7.98. The molecule has 0 aliphatic carbocycles. The number of hydrogen-bond donors (Lipinski definition) is 2. The number of carbonyl (C=O) groups is 1. The van der Waals surface area contributed by atoms with Crippen LogP contribution in [0.1, 0.15) is 36.5 Å². The number of carbonyl (C=O) groups excluding carboxylic acids is 1. The Morgan fingerprint density at radius 1 is 1.12 bits per heavy atom. The first-order chi connectivity index (χ1) is 16.0. The molecule has 2 N–H and O–H groups in total. The van der Waals surface area contributed by atoms with Crippen molar-refractivity contribution in [3.8, 4) is 5.75 Å². The molecule has 0 radical (unpaired) electrons. The van der Waals surface area contributed by atoms with Gasteiger partial charge in [0.1, 0.15) is 11.6 Å². The highest BCUT2D eigenvalue weighted by Gasteiger charge is 2.36. The van der Waals surface area contributed by atoms with Crippen LogP contribution >= 0.6 is 11.8 Å². The summed E-state index contributed by atoms with van der Waals surface area (Å²) in [5.74, 6) is 0.728. The topological polar surface area (TPSA) is 93.3 Å². The van der Waals surface area contributed by atoms with Crippen LogP contribution in [0.2, 0.25) is 0 Å². The Hall–Kier alpha value is -3.52. The van der Waals surface area contributed by atoms with Gasteiger partial charge in [0.2, 0.25) is 0 Å². The van der Waals surface area contributed by atoms with E-state index < -0.39 is 11.9 Å². The fourth-order valence-electron chi connectivity index (χ4n) is 3.83. The van der Waals surface area contributed by atoms with Crippen molar-refractivity contribution in [2.75, 3.05) is 19.0 Å². The van der Waals surface area contributed by atoms with E-state index in [0.717, 1.165) is 11.1 Å². The lowest BCUT2D eigenvalue weighted by atomic mass is 9.82. The van der Waals surface area contributed by atoms with Crippen molar-refractivity contribution >= 4 is 23.5 Å². The molecular weight excluding hydrogens is 438 g/mol. The second kappa shape index (κ2) is 9.95. The standard InChI is InChI=1S/C25H25N3O4S/c1-4-32-24(30)19-15(2)26-22-21(20(19)17-10-12-18(31-3)13-11-17)23(29)28-25(27-22)33-14-16-8-6-5-7-9-16/h5-13,20H,4,14H2,1-3H3,(H2,26,27,28,29). The molecule has 0 bridgehead atoms. The molecule has 3 aromatic rings. The van der Waals surface area contributed by atoms with Gasteiger partial charge in [0.15, 0.2) is 5.16 Å². The third kappa shape index (κ3) is 4.80. The number of nitrogens with zero attached hydrogens (tertiary/aromatic N) is 1. The van der Waals surface area contributed by atoms with Crippen LogP contribution in [0.3, 0.4) is 0 Å². The fourth-order valence-corrected chi connectivity index (χ4v) is 4.65. The quantitative estimate of drug-likeness (QED) is 0.303. The van der Waals surface area contributed by atoms with Crippen molar-refractivity contribution in [3.63, 3.8) is 0 Å². The minimum atomic E-state index is -0.615. The van der Waals surface area contributed by atoms with E-state index in [1.165, 1.54) is 11.8 Å². The first-order valence-corrected chi connectivity index (χ1v) is 11.6. The molecule has 0 saturated heterocycles. The first-order valence-electron chi connectivity index (χ1n) is 10.6. The number of hydrogen-bond acceptors (Lipinski definition) is 7. The zero-order valence-electron chi connectivity index (χ0n) is 18.7. The second-order valence-electron chi connectivity index (χ2n) is 7.50. The fraction of sp³-hybridized carbons (Fsp3) is 0.240. The third-order valence-corrected chi connectivity index (χ3v) is 6.33. The predicted molar refractivity (Wildman–Crippen MR) is 129 cm³/mol. The van der Waals surface area contributed by atoms with Gasteiger partial charge >= 0.3 is 5.97 Å². The molecule has 170 valence electrons. The molecule has 0 fully saturated rings. The number of thioether (sulfide) groups is 1. The van der Waals surface area contributed by atoms with Crippen LogP contribution in [-0.4, -0.2) is 29.7 Å². The van der Waals surface area contributed by atoms with Gasteiger partial charge < -0.3 is 19.8 Å². The van der Waals surface area contributed by atoms with Crippen molar-refractivity contribution in [1.29, 1.82) is 0 Å². The highest BCUT2D eigenvalue weighted by Crippen LogP contribution is 2.40. The summed E-state index contributed by atoms with van der Waals surface area (Å²) in [4.78, 5) is 33.7. The van der Waals surface area contributed by atoms with Crippen LogP contribution in [0.15, 0.2) is 75.8 Å². The van der Waals surface area contributed by atoms with Crippen LogP contribution in [0, 0.1) is 0 Å². The maximum atomic E-state index is 13.3. The summed E-state index contributed by atoms with van der Waals surface area (Å²) in [7, 11) is 1.59. The number of esters is 1. The van der Waals surface area contributed by atoms with E-state index in [0.29, 0.717) is 39.3 Å². The van der Waals surface area contributed by atoms with Crippen LogP contribution in [0.4, 0.5) is 5.82 Å². The summed E-state index contributed by atoms with van der Waals surface area (Å²) in [6, 6.07) is 17.3. The van der Waals surface area contributed by atoms with Crippen molar-refractivity contribution in [3.05, 3.63) is 92.9 Å². The minimum Gasteiger partial charge on any atom is -0.497 e. The van der Waals surface area contributed by atoms with Crippen LogP contribution < -0.4 is 15.6 Å². The Labute approximate surface area is 196 Å². The number of ether oxygens (including phenoxy) is 2. The number of aromatic nitrogens is 2. The number of fused-ring (bicyclic) bond motifs is 1. The van der Waals surface area contributed by atoms with E-state index in [-0.39, 0.29) is 12.2 Å². The van der Waals surface area contributed by atoms with E-state index in [2.05, 4.69) is 15.3 Å². The van der Waals surface area contributed by atoms with Crippen molar-refractivity contribution in [2.24, 2.45) is 0 Å². The first kappa shape index (κ1) is 22.7. The largest absolute Gasteiger partial charge is 0.497 e. The Balaban J connectivity index is 1.76. The van der Waals surface area contributed by atoms with E-state index in [9.17, 15) is 9.59 Å². The zero-order chi connectivity index (χ0) is 23.4. The summed E-state index contributed by atoms with van der Waals surface area (Å²) in [5.41, 5.74) is 3.01. The molecule has 4 rings (SSSR count). The maximum Gasteiger partial charge on any atom is 0.336 e. The van der Waals surface area contributed by atoms with Gasteiger partial charge in [0, 0.05) is 11.4 Å². The van der Waals surface area contributed by atoms with Crippen LogP contribution in [0.5, 0.6) is 5.75 Å². The molecule has 1 atom stereocenters. The molecule has 1 aromatic heterocycles.